The average Bonchev–Trinajstić information content (AvgIpc) is 2.64. The number of rotatable bonds is 10. The molecular formula is C20H25ClN2O3S2. The third-order valence-electron chi connectivity index (χ3n) is 3.99. The number of hydrogen-bond acceptors (Lipinski definition) is 4. The molecule has 0 saturated heterocycles. The van der Waals surface area contributed by atoms with Gasteiger partial charge in [-0.25, -0.2) is 8.42 Å². The van der Waals surface area contributed by atoms with Crippen molar-refractivity contribution in [1.82, 2.24) is 5.32 Å². The van der Waals surface area contributed by atoms with Crippen molar-refractivity contribution in [3.8, 4) is 0 Å². The summed E-state index contributed by atoms with van der Waals surface area (Å²) < 4.78 is 25.2. The quantitative estimate of drug-likeness (QED) is 0.570. The van der Waals surface area contributed by atoms with Gasteiger partial charge in [-0.05, 0) is 36.8 Å². The molecule has 0 aliphatic heterocycles. The molecule has 0 spiro atoms. The maximum absolute atomic E-state index is 12.2. The highest BCUT2D eigenvalue weighted by Crippen LogP contribution is 2.26. The molecular weight excluding hydrogens is 416 g/mol. The molecule has 0 radical (unpaired) electrons. The van der Waals surface area contributed by atoms with E-state index < -0.39 is 10.0 Å². The summed E-state index contributed by atoms with van der Waals surface area (Å²) >= 11 is 7.89. The fraction of sp³-hybridized carbons (Fsp3) is 0.350. The molecule has 0 aromatic heterocycles. The Labute approximate surface area is 176 Å². The van der Waals surface area contributed by atoms with E-state index in [4.69, 9.17) is 11.6 Å². The number of halogens is 1. The SMILES string of the molecule is Cc1ccc(CSCCCNC(=O)CN(c2ccccc2Cl)S(C)(=O)=O)cc1. The molecule has 5 nitrogen and oxygen atoms in total. The molecule has 0 saturated carbocycles. The first kappa shape index (κ1) is 22.6. The van der Waals surface area contributed by atoms with Gasteiger partial charge >= 0.3 is 0 Å². The Kier molecular flexibility index (Phi) is 8.66. The monoisotopic (exact) mass is 440 g/mol. The minimum Gasteiger partial charge on any atom is -0.354 e. The molecule has 2 aromatic rings. The second kappa shape index (κ2) is 10.7. The van der Waals surface area contributed by atoms with Crippen molar-refractivity contribution in [3.63, 3.8) is 0 Å². The molecule has 0 atom stereocenters. The first-order chi connectivity index (χ1) is 13.3. The van der Waals surface area contributed by atoms with Crippen LogP contribution in [-0.4, -0.2) is 39.4 Å². The second-order valence-electron chi connectivity index (χ2n) is 6.46. The van der Waals surface area contributed by atoms with Crippen LogP contribution in [0.15, 0.2) is 48.5 Å². The van der Waals surface area contributed by atoms with Crippen molar-refractivity contribution >= 4 is 45.0 Å². The van der Waals surface area contributed by atoms with Gasteiger partial charge in [-0.3, -0.25) is 9.10 Å². The lowest BCUT2D eigenvalue weighted by Crippen LogP contribution is -2.40. The lowest BCUT2D eigenvalue weighted by Gasteiger charge is -2.22. The maximum Gasteiger partial charge on any atom is 0.240 e. The fourth-order valence-electron chi connectivity index (χ4n) is 2.50. The van der Waals surface area contributed by atoms with Crippen LogP contribution in [-0.2, 0) is 20.6 Å². The number of aryl methyl sites for hydroxylation is 1. The Bertz CT molecular complexity index is 887. The molecule has 8 heteroatoms. The fourth-order valence-corrected chi connectivity index (χ4v) is 4.57. The molecule has 0 aliphatic rings. The van der Waals surface area contributed by atoms with Gasteiger partial charge in [0.1, 0.15) is 6.54 Å². The van der Waals surface area contributed by atoms with Crippen LogP contribution < -0.4 is 9.62 Å². The lowest BCUT2D eigenvalue weighted by atomic mass is 10.2. The number of nitrogens with one attached hydrogen (secondary N) is 1. The molecule has 0 bridgehead atoms. The number of carbonyl (C=O) groups is 1. The summed E-state index contributed by atoms with van der Waals surface area (Å²) in [5.41, 5.74) is 2.83. The van der Waals surface area contributed by atoms with E-state index in [1.807, 2.05) is 0 Å². The van der Waals surface area contributed by atoms with Gasteiger partial charge in [0.2, 0.25) is 15.9 Å². The van der Waals surface area contributed by atoms with Crippen molar-refractivity contribution < 1.29 is 13.2 Å². The van der Waals surface area contributed by atoms with Gasteiger partial charge in [0, 0.05) is 12.3 Å². The van der Waals surface area contributed by atoms with Crippen LogP contribution in [0, 0.1) is 6.92 Å². The van der Waals surface area contributed by atoms with E-state index in [2.05, 4.69) is 36.5 Å². The minimum absolute atomic E-state index is 0.285. The highest BCUT2D eigenvalue weighted by Gasteiger charge is 2.22. The molecule has 0 aliphatic carbocycles. The summed E-state index contributed by atoms with van der Waals surface area (Å²) in [5.74, 6) is 1.49. The summed E-state index contributed by atoms with van der Waals surface area (Å²) in [6.45, 7) is 2.27. The summed E-state index contributed by atoms with van der Waals surface area (Å²) in [6, 6.07) is 15.0. The molecule has 0 unspecified atom stereocenters. The van der Waals surface area contributed by atoms with E-state index in [1.54, 1.807) is 36.0 Å². The number of benzene rings is 2. The van der Waals surface area contributed by atoms with Crippen LogP contribution in [0.3, 0.4) is 0 Å². The van der Waals surface area contributed by atoms with E-state index in [1.165, 1.54) is 11.1 Å². The van der Waals surface area contributed by atoms with Gasteiger partial charge in [0.25, 0.3) is 0 Å². The van der Waals surface area contributed by atoms with Crippen LogP contribution in [0.25, 0.3) is 0 Å². The predicted octanol–water partition coefficient (Wildman–Crippen LogP) is 3.85. The zero-order valence-electron chi connectivity index (χ0n) is 16.0. The highest BCUT2D eigenvalue weighted by molar-refractivity contribution is 7.98. The van der Waals surface area contributed by atoms with Gasteiger partial charge in [0.05, 0.1) is 17.0 Å². The number of carbonyl (C=O) groups excluding carboxylic acids is 1. The van der Waals surface area contributed by atoms with Gasteiger partial charge in [-0.1, -0.05) is 53.6 Å². The topological polar surface area (TPSA) is 66.5 Å². The second-order valence-corrected chi connectivity index (χ2v) is 9.88. The van der Waals surface area contributed by atoms with Gasteiger partial charge in [0.15, 0.2) is 0 Å². The zero-order valence-corrected chi connectivity index (χ0v) is 18.4. The molecule has 1 N–H and O–H groups in total. The average molecular weight is 441 g/mol. The molecule has 0 fully saturated rings. The van der Waals surface area contributed by atoms with Crippen LogP contribution in [0.4, 0.5) is 5.69 Å². The Morgan fingerprint density at radius 2 is 1.82 bits per heavy atom. The first-order valence-corrected chi connectivity index (χ1v) is 12.3. The molecule has 0 heterocycles. The Balaban J connectivity index is 1.76. The number of nitrogens with zero attached hydrogens (tertiary/aromatic N) is 1. The van der Waals surface area contributed by atoms with Crippen LogP contribution in [0.2, 0.25) is 5.02 Å². The van der Waals surface area contributed by atoms with Crippen molar-refractivity contribution in [2.24, 2.45) is 0 Å². The van der Waals surface area contributed by atoms with Crippen LogP contribution >= 0.6 is 23.4 Å². The van der Waals surface area contributed by atoms with Crippen LogP contribution in [0.1, 0.15) is 17.5 Å². The largest absolute Gasteiger partial charge is 0.354 e. The number of thioether (sulfide) groups is 1. The minimum atomic E-state index is -3.62. The molecule has 152 valence electrons. The Morgan fingerprint density at radius 1 is 1.14 bits per heavy atom. The smallest absolute Gasteiger partial charge is 0.240 e. The van der Waals surface area contributed by atoms with Gasteiger partial charge in [-0.2, -0.15) is 11.8 Å². The summed E-state index contributed by atoms with van der Waals surface area (Å²) in [6.07, 6.45) is 1.87. The summed E-state index contributed by atoms with van der Waals surface area (Å²) in [5, 5.41) is 3.06. The van der Waals surface area contributed by atoms with Crippen molar-refractivity contribution in [1.29, 1.82) is 0 Å². The Hall–Kier alpha value is -1.70. The number of hydrogen-bond donors (Lipinski definition) is 1. The standard InChI is InChI=1S/C20H25ClN2O3S2/c1-16-8-10-17(11-9-16)15-27-13-5-12-22-20(24)14-23(28(2,25)26)19-7-4-3-6-18(19)21/h3-4,6-11H,5,12-15H2,1-2H3,(H,22,24). The van der Waals surface area contributed by atoms with Crippen molar-refractivity contribution in [3.05, 3.63) is 64.7 Å². The van der Waals surface area contributed by atoms with E-state index in [0.717, 1.165) is 28.5 Å². The number of sulfonamides is 1. The van der Waals surface area contributed by atoms with E-state index in [0.29, 0.717) is 12.2 Å². The Morgan fingerprint density at radius 3 is 2.46 bits per heavy atom. The third kappa shape index (κ3) is 7.37. The maximum atomic E-state index is 12.2. The van der Waals surface area contributed by atoms with Crippen LogP contribution in [0.5, 0.6) is 0 Å². The predicted molar refractivity (Wildman–Crippen MR) is 119 cm³/mol. The highest BCUT2D eigenvalue weighted by atomic mass is 35.5. The summed E-state index contributed by atoms with van der Waals surface area (Å²) in [4.78, 5) is 12.2. The van der Waals surface area contributed by atoms with Gasteiger partial charge in [-0.15, -0.1) is 0 Å². The third-order valence-corrected chi connectivity index (χ3v) is 6.55. The lowest BCUT2D eigenvalue weighted by molar-refractivity contribution is -0.119. The molecule has 2 aromatic carbocycles. The zero-order chi connectivity index (χ0) is 20.6. The van der Waals surface area contributed by atoms with E-state index >= 15 is 0 Å². The first-order valence-electron chi connectivity index (χ1n) is 8.89. The number of para-hydroxylation sites is 1. The molecule has 2 rings (SSSR count). The van der Waals surface area contributed by atoms with E-state index in [9.17, 15) is 13.2 Å². The van der Waals surface area contributed by atoms with Gasteiger partial charge < -0.3 is 5.32 Å². The summed E-state index contributed by atoms with van der Waals surface area (Å²) in [7, 11) is -3.62. The van der Waals surface area contributed by atoms with E-state index in [-0.39, 0.29) is 17.5 Å². The number of anilines is 1. The molecule has 28 heavy (non-hydrogen) atoms. The number of amides is 1. The molecule has 1 amide bonds. The normalized spacial score (nSPS) is 11.2. The van der Waals surface area contributed by atoms with Crippen molar-refractivity contribution in [2.75, 3.05) is 29.4 Å². The van der Waals surface area contributed by atoms with Crippen molar-refractivity contribution in [2.45, 2.75) is 19.1 Å².